The lowest BCUT2D eigenvalue weighted by Gasteiger charge is -2.17. The van der Waals surface area contributed by atoms with E-state index in [2.05, 4.69) is 27.0 Å². The van der Waals surface area contributed by atoms with Crippen LogP contribution in [0.1, 0.15) is 26.7 Å². The molecule has 0 amide bonds. The minimum atomic E-state index is -1.26. The Balaban J connectivity index is 3.76. The summed E-state index contributed by atoms with van der Waals surface area (Å²) in [6.45, 7) is 11.7. The molecule has 0 fully saturated rings. The third-order valence-electron chi connectivity index (χ3n) is 1.72. The van der Waals surface area contributed by atoms with Crippen molar-refractivity contribution in [3.63, 3.8) is 0 Å². The van der Waals surface area contributed by atoms with Crippen LogP contribution in [0.15, 0.2) is 24.6 Å². The molecule has 0 aromatic rings. The Morgan fingerprint density at radius 3 is 2.00 bits per heavy atom. The van der Waals surface area contributed by atoms with E-state index in [0.29, 0.717) is 6.10 Å². The lowest BCUT2D eigenvalue weighted by molar-refractivity contribution is 0.199. The van der Waals surface area contributed by atoms with Gasteiger partial charge in [-0.3, -0.25) is 0 Å². The quantitative estimate of drug-likeness (QED) is 0.556. The smallest absolute Gasteiger partial charge is 0.224 e. The lowest BCUT2D eigenvalue weighted by atomic mass is 10.2. The van der Waals surface area contributed by atoms with Crippen molar-refractivity contribution in [2.75, 3.05) is 0 Å². The van der Waals surface area contributed by atoms with E-state index in [1.54, 1.807) is 0 Å². The summed E-state index contributed by atoms with van der Waals surface area (Å²) < 4.78 is 5.75. The molecule has 0 aromatic heterocycles. The van der Waals surface area contributed by atoms with Gasteiger partial charge >= 0.3 is 0 Å². The van der Waals surface area contributed by atoms with Crippen molar-refractivity contribution in [3.8, 4) is 0 Å². The van der Waals surface area contributed by atoms with Crippen LogP contribution >= 0.6 is 0 Å². The normalized spacial score (nSPS) is 10.5. The fourth-order valence-electron chi connectivity index (χ4n) is 0.911. The van der Waals surface area contributed by atoms with Crippen LogP contribution in [-0.4, -0.2) is 15.1 Å². The summed E-state index contributed by atoms with van der Waals surface area (Å²) >= 11 is 0. The monoisotopic (exact) mass is 170 g/mol. The standard InChI is InChI=1S/C9H18OSi/c1-5-9(6-2)10-11(7-3)8-4/h7-9,11H,3-6H2,1-2H3. The van der Waals surface area contributed by atoms with Gasteiger partial charge in [-0.2, -0.15) is 0 Å². The van der Waals surface area contributed by atoms with Crippen molar-refractivity contribution in [2.45, 2.75) is 32.8 Å². The highest BCUT2D eigenvalue weighted by Crippen LogP contribution is 2.05. The van der Waals surface area contributed by atoms with Crippen LogP contribution in [0.2, 0.25) is 0 Å². The third kappa shape index (κ3) is 4.17. The minimum absolute atomic E-state index is 0.405. The first-order valence-electron chi connectivity index (χ1n) is 4.19. The maximum atomic E-state index is 5.75. The Morgan fingerprint density at radius 1 is 1.27 bits per heavy atom. The van der Waals surface area contributed by atoms with E-state index in [-0.39, 0.29) is 0 Å². The second-order valence-electron chi connectivity index (χ2n) is 2.51. The Kier molecular flexibility index (Phi) is 6.17. The molecule has 0 aliphatic rings. The largest absolute Gasteiger partial charge is 0.409 e. The van der Waals surface area contributed by atoms with Gasteiger partial charge in [-0.05, 0) is 12.8 Å². The second-order valence-corrected chi connectivity index (χ2v) is 4.65. The number of rotatable bonds is 6. The van der Waals surface area contributed by atoms with E-state index in [0.717, 1.165) is 12.8 Å². The molecule has 0 spiro atoms. The molecule has 1 nitrogen and oxygen atoms in total. The second kappa shape index (κ2) is 6.37. The molecule has 0 saturated carbocycles. The zero-order valence-electron chi connectivity index (χ0n) is 7.55. The molecule has 0 heterocycles. The summed E-state index contributed by atoms with van der Waals surface area (Å²) in [6.07, 6.45) is 2.58. The van der Waals surface area contributed by atoms with Crippen LogP contribution in [0, 0.1) is 0 Å². The predicted molar refractivity (Wildman–Crippen MR) is 53.0 cm³/mol. The number of hydrogen-bond acceptors (Lipinski definition) is 1. The molecule has 0 N–H and O–H groups in total. The van der Waals surface area contributed by atoms with Gasteiger partial charge in [-0.25, -0.2) is 0 Å². The third-order valence-corrected chi connectivity index (χ3v) is 3.35. The Morgan fingerprint density at radius 2 is 1.73 bits per heavy atom. The van der Waals surface area contributed by atoms with Gasteiger partial charge in [0, 0.05) is 6.10 Å². The summed E-state index contributed by atoms with van der Waals surface area (Å²) in [7, 11) is -1.26. The van der Waals surface area contributed by atoms with Gasteiger partial charge in [-0.1, -0.05) is 25.2 Å². The summed E-state index contributed by atoms with van der Waals surface area (Å²) in [5.41, 5.74) is 3.82. The molecule has 11 heavy (non-hydrogen) atoms. The van der Waals surface area contributed by atoms with Gasteiger partial charge in [0.2, 0.25) is 9.04 Å². The van der Waals surface area contributed by atoms with Gasteiger partial charge in [0.1, 0.15) is 0 Å². The molecule has 0 radical (unpaired) electrons. The van der Waals surface area contributed by atoms with Gasteiger partial charge < -0.3 is 4.43 Å². The first kappa shape index (κ1) is 10.7. The SMILES string of the molecule is C=C[SiH](C=C)OC(CC)CC. The number of hydrogen-bond donors (Lipinski definition) is 0. The Labute approximate surface area is 71.5 Å². The zero-order chi connectivity index (χ0) is 8.69. The predicted octanol–water partition coefficient (Wildman–Crippen LogP) is 2.37. The molecule has 0 atom stereocenters. The van der Waals surface area contributed by atoms with Crippen LogP contribution in [0.3, 0.4) is 0 Å². The van der Waals surface area contributed by atoms with Gasteiger partial charge in [-0.15, -0.1) is 13.2 Å². The highest BCUT2D eigenvalue weighted by Gasteiger charge is 2.08. The molecule has 0 saturated heterocycles. The van der Waals surface area contributed by atoms with Crippen LogP contribution < -0.4 is 0 Å². The molecule has 2 heteroatoms. The summed E-state index contributed by atoms with van der Waals surface area (Å²) in [5, 5.41) is 0. The summed E-state index contributed by atoms with van der Waals surface area (Å²) in [4.78, 5) is 0. The molecule has 64 valence electrons. The minimum Gasteiger partial charge on any atom is -0.409 e. The molecule has 0 aliphatic carbocycles. The zero-order valence-corrected chi connectivity index (χ0v) is 8.70. The summed E-state index contributed by atoms with van der Waals surface area (Å²) in [5.74, 6) is 0. The average Bonchev–Trinajstić information content (AvgIpc) is 2.07. The van der Waals surface area contributed by atoms with Crippen LogP contribution in [0.5, 0.6) is 0 Å². The van der Waals surface area contributed by atoms with E-state index >= 15 is 0 Å². The first-order chi connectivity index (χ1) is 5.28. The van der Waals surface area contributed by atoms with E-state index in [1.165, 1.54) is 0 Å². The van der Waals surface area contributed by atoms with Crippen molar-refractivity contribution in [1.82, 2.24) is 0 Å². The van der Waals surface area contributed by atoms with Crippen molar-refractivity contribution in [1.29, 1.82) is 0 Å². The Bertz CT molecular complexity index is 111. The van der Waals surface area contributed by atoms with Crippen molar-refractivity contribution < 1.29 is 4.43 Å². The topological polar surface area (TPSA) is 9.23 Å². The van der Waals surface area contributed by atoms with Crippen LogP contribution in [0.4, 0.5) is 0 Å². The highest BCUT2D eigenvalue weighted by molar-refractivity contribution is 6.62. The molecule has 0 bridgehead atoms. The van der Waals surface area contributed by atoms with Crippen LogP contribution in [0.25, 0.3) is 0 Å². The fraction of sp³-hybridized carbons (Fsp3) is 0.556. The highest BCUT2D eigenvalue weighted by atomic mass is 28.3. The molecule has 0 aromatic carbocycles. The van der Waals surface area contributed by atoms with Gasteiger partial charge in [0.25, 0.3) is 0 Å². The fourth-order valence-corrected chi connectivity index (χ4v) is 2.15. The van der Waals surface area contributed by atoms with E-state index in [4.69, 9.17) is 4.43 Å². The molecular formula is C9H18OSi. The van der Waals surface area contributed by atoms with Crippen molar-refractivity contribution in [3.05, 3.63) is 24.6 Å². The molecule has 0 aliphatic heterocycles. The van der Waals surface area contributed by atoms with Gasteiger partial charge in [0.15, 0.2) is 0 Å². The van der Waals surface area contributed by atoms with Gasteiger partial charge in [0.05, 0.1) is 0 Å². The maximum Gasteiger partial charge on any atom is 0.224 e. The molecule has 0 rings (SSSR count). The molecular weight excluding hydrogens is 152 g/mol. The maximum absolute atomic E-state index is 5.75. The molecule has 0 unspecified atom stereocenters. The summed E-state index contributed by atoms with van der Waals surface area (Å²) in [6, 6.07) is 0. The Hall–Kier alpha value is -0.343. The lowest BCUT2D eigenvalue weighted by Crippen LogP contribution is -2.21. The first-order valence-corrected chi connectivity index (χ1v) is 5.99. The van der Waals surface area contributed by atoms with Crippen LogP contribution in [-0.2, 0) is 4.43 Å². The van der Waals surface area contributed by atoms with E-state index < -0.39 is 9.04 Å². The van der Waals surface area contributed by atoms with Crippen molar-refractivity contribution in [2.24, 2.45) is 0 Å². The average molecular weight is 170 g/mol. The van der Waals surface area contributed by atoms with E-state index in [9.17, 15) is 0 Å². The van der Waals surface area contributed by atoms with E-state index in [1.807, 2.05) is 11.4 Å². The van der Waals surface area contributed by atoms with Crippen molar-refractivity contribution >= 4 is 9.04 Å².